The molecule has 4 heterocycles. The molecule has 2 amide bonds. The first-order valence-corrected chi connectivity index (χ1v) is 12.9. The smallest absolute Gasteiger partial charge is 0.246 e. The number of ether oxygens (including phenoxy) is 3. The van der Waals surface area contributed by atoms with Crippen molar-refractivity contribution >= 4 is 34.1 Å². The van der Waals surface area contributed by atoms with Crippen LogP contribution in [0.4, 0.5) is 0 Å². The molecule has 2 aliphatic heterocycles. The van der Waals surface area contributed by atoms with Gasteiger partial charge in [-0.2, -0.15) is 0 Å². The Bertz CT molecular complexity index is 1470. The number of aromatic nitrogens is 1. The number of aromatic amines is 1. The van der Waals surface area contributed by atoms with Gasteiger partial charge < -0.3 is 29.0 Å². The number of para-hydroxylation sites is 1. The van der Waals surface area contributed by atoms with Gasteiger partial charge in [0, 0.05) is 27.9 Å². The van der Waals surface area contributed by atoms with Crippen LogP contribution < -0.4 is 14.2 Å². The summed E-state index contributed by atoms with van der Waals surface area (Å²) in [4.78, 5) is 35.7. The lowest BCUT2D eigenvalue weighted by Gasteiger charge is -2.47. The van der Waals surface area contributed by atoms with Crippen LogP contribution in [0.5, 0.6) is 17.2 Å². The number of carbonyl (C=O) groups is 2. The lowest BCUT2D eigenvalue weighted by molar-refractivity contribution is -0.159. The molecule has 1 N–H and O–H groups in total. The van der Waals surface area contributed by atoms with Gasteiger partial charge >= 0.3 is 0 Å². The molecule has 190 valence electrons. The maximum absolute atomic E-state index is 13.9. The summed E-state index contributed by atoms with van der Waals surface area (Å²) >= 11 is 1.59. The van der Waals surface area contributed by atoms with E-state index in [1.165, 1.54) is 0 Å². The lowest BCUT2D eigenvalue weighted by Crippen LogP contribution is -2.62. The van der Waals surface area contributed by atoms with Gasteiger partial charge in [0.05, 0.1) is 33.9 Å². The minimum atomic E-state index is -0.614. The number of nitrogens with zero attached hydrogens (tertiary/aromatic N) is 2. The van der Waals surface area contributed by atoms with E-state index in [1.807, 2.05) is 47.8 Å². The topological polar surface area (TPSA) is 84.1 Å². The molecule has 0 aliphatic carbocycles. The molecule has 8 nitrogen and oxygen atoms in total. The van der Waals surface area contributed by atoms with Gasteiger partial charge in [0.25, 0.3) is 0 Å². The van der Waals surface area contributed by atoms with Crippen LogP contribution in [0.25, 0.3) is 10.9 Å². The molecule has 1 fully saturated rings. The Kier molecular flexibility index (Phi) is 5.79. The fourth-order valence-electron chi connectivity index (χ4n) is 5.65. The van der Waals surface area contributed by atoms with Crippen molar-refractivity contribution in [3.8, 4) is 17.2 Å². The van der Waals surface area contributed by atoms with E-state index in [9.17, 15) is 9.59 Å². The highest BCUT2D eigenvalue weighted by atomic mass is 32.1. The van der Waals surface area contributed by atoms with Crippen LogP contribution >= 0.6 is 11.3 Å². The number of H-pyrrole nitrogens is 1. The molecule has 0 spiro atoms. The number of piperazine rings is 1. The van der Waals surface area contributed by atoms with E-state index in [-0.39, 0.29) is 18.4 Å². The Balaban J connectivity index is 1.52. The van der Waals surface area contributed by atoms with E-state index in [1.54, 1.807) is 42.5 Å². The van der Waals surface area contributed by atoms with Crippen LogP contribution in [-0.2, 0) is 22.6 Å². The SMILES string of the molecule is COc1cc([C@@H]2c3[nH]c4ccccc4c3C[C@H]3C(=O)N(Cc4cccs4)CC(=O)N23)cc(OC)c1OC. The van der Waals surface area contributed by atoms with E-state index >= 15 is 0 Å². The summed E-state index contributed by atoms with van der Waals surface area (Å²) in [5, 5.41) is 3.04. The number of benzene rings is 2. The van der Waals surface area contributed by atoms with E-state index in [0.717, 1.165) is 32.6 Å². The minimum absolute atomic E-state index is 0.0315. The third kappa shape index (κ3) is 3.72. The Hall–Kier alpha value is -3.98. The summed E-state index contributed by atoms with van der Waals surface area (Å²) in [6.07, 6.45) is 0.450. The van der Waals surface area contributed by atoms with Gasteiger partial charge in [-0.1, -0.05) is 24.3 Å². The predicted octanol–water partition coefficient (Wildman–Crippen LogP) is 4.14. The molecule has 2 aromatic carbocycles. The zero-order valence-electron chi connectivity index (χ0n) is 20.8. The lowest BCUT2D eigenvalue weighted by atomic mass is 9.86. The second-order valence-electron chi connectivity index (χ2n) is 9.22. The van der Waals surface area contributed by atoms with Crippen LogP contribution in [0.15, 0.2) is 53.9 Å². The summed E-state index contributed by atoms with van der Waals surface area (Å²) in [6.45, 7) is 0.464. The van der Waals surface area contributed by atoms with Gasteiger partial charge in [-0.15, -0.1) is 11.3 Å². The number of methoxy groups -OCH3 is 3. The number of carbonyl (C=O) groups excluding carboxylic acids is 2. The Morgan fingerprint density at radius 2 is 1.76 bits per heavy atom. The standard InChI is InChI=1S/C28H27N3O5S/c1-34-22-11-16(12-23(35-2)27(22)36-3)26-25-19(18-8-4-5-9-20(18)29-25)13-21-28(33)30(15-24(32)31(21)26)14-17-7-6-10-37-17/h4-12,21,26,29H,13-15H2,1-3H3/t21-,26+/m0/s1. The molecule has 6 rings (SSSR count). The highest BCUT2D eigenvalue weighted by molar-refractivity contribution is 7.09. The van der Waals surface area contributed by atoms with Crippen molar-refractivity contribution in [3.05, 3.63) is 75.6 Å². The maximum Gasteiger partial charge on any atom is 0.246 e. The minimum Gasteiger partial charge on any atom is -0.493 e. The zero-order chi connectivity index (χ0) is 25.7. The van der Waals surface area contributed by atoms with Crippen molar-refractivity contribution in [2.75, 3.05) is 27.9 Å². The van der Waals surface area contributed by atoms with Crippen LogP contribution in [0.1, 0.15) is 27.7 Å². The number of hydrogen-bond acceptors (Lipinski definition) is 6. The largest absolute Gasteiger partial charge is 0.493 e. The summed E-state index contributed by atoms with van der Waals surface area (Å²) in [5.41, 5.74) is 3.70. The molecule has 9 heteroatoms. The fourth-order valence-corrected chi connectivity index (χ4v) is 6.37. The summed E-state index contributed by atoms with van der Waals surface area (Å²) in [6, 6.07) is 14.6. The molecule has 0 radical (unpaired) electrons. The fraction of sp³-hybridized carbons (Fsp3) is 0.286. The van der Waals surface area contributed by atoms with E-state index in [2.05, 4.69) is 11.1 Å². The molecule has 4 aromatic rings. The van der Waals surface area contributed by atoms with E-state index in [4.69, 9.17) is 14.2 Å². The average molecular weight is 518 g/mol. The van der Waals surface area contributed by atoms with Crippen molar-refractivity contribution < 1.29 is 23.8 Å². The first-order chi connectivity index (χ1) is 18.0. The van der Waals surface area contributed by atoms with Crippen LogP contribution in [0.3, 0.4) is 0 Å². The first-order valence-electron chi connectivity index (χ1n) is 12.1. The molecular formula is C28H27N3O5S. The van der Waals surface area contributed by atoms with Crippen LogP contribution in [0, 0.1) is 0 Å². The molecule has 2 atom stereocenters. The normalized spacial score (nSPS) is 19.1. The Morgan fingerprint density at radius 1 is 1.00 bits per heavy atom. The van der Waals surface area contributed by atoms with Crippen molar-refractivity contribution in [2.45, 2.75) is 25.0 Å². The average Bonchev–Trinajstić information content (AvgIpc) is 3.57. The Labute approximate surface area is 218 Å². The predicted molar refractivity (Wildman–Crippen MR) is 140 cm³/mol. The monoisotopic (exact) mass is 517 g/mol. The summed E-state index contributed by atoms with van der Waals surface area (Å²) < 4.78 is 16.8. The van der Waals surface area contributed by atoms with E-state index < -0.39 is 12.1 Å². The highest BCUT2D eigenvalue weighted by Gasteiger charge is 2.48. The van der Waals surface area contributed by atoms with Gasteiger partial charge in [0.2, 0.25) is 17.6 Å². The van der Waals surface area contributed by atoms with Crippen molar-refractivity contribution in [2.24, 2.45) is 0 Å². The van der Waals surface area contributed by atoms with Gasteiger partial charge in [0.1, 0.15) is 12.6 Å². The third-order valence-electron chi connectivity index (χ3n) is 7.27. The molecule has 1 saturated heterocycles. The van der Waals surface area contributed by atoms with Gasteiger partial charge in [-0.25, -0.2) is 0 Å². The number of amides is 2. The number of nitrogens with one attached hydrogen (secondary N) is 1. The summed E-state index contributed by atoms with van der Waals surface area (Å²) in [7, 11) is 4.69. The number of hydrogen-bond donors (Lipinski definition) is 1. The number of rotatable bonds is 6. The second kappa shape index (κ2) is 9.15. The van der Waals surface area contributed by atoms with Gasteiger partial charge in [-0.05, 0) is 40.8 Å². The highest BCUT2D eigenvalue weighted by Crippen LogP contribution is 2.47. The second-order valence-corrected chi connectivity index (χ2v) is 10.3. The first kappa shape index (κ1) is 23.4. The number of fused-ring (bicyclic) bond motifs is 4. The van der Waals surface area contributed by atoms with Crippen molar-refractivity contribution in [1.82, 2.24) is 14.8 Å². The molecular weight excluding hydrogens is 490 g/mol. The quantitative estimate of drug-likeness (QED) is 0.416. The molecule has 2 aliphatic rings. The van der Waals surface area contributed by atoms with Gasteiger partial charge in [-0.3, -0.25) is 9.59 Å². The van der Waals surface area contributed by atoms with Crippen LogP contribution in [0.2, 0.25) is 0 Å². The Morgan fingerprint density at radius 3 is 2.43 bits per heavy atom. The molecule has 2 aromatic heterocycles. The molecule has 37 heavy (non-hydrogen) atoms. The summed E-state index contributed by atoms with van der Waals surface area (Å²) in [5.74, 6) is 1.32. The van der Waals surface area contributed by atoms with Crippen molar-refractivity contribution in [1.29, 1.82) is 0 Å². The van der Waals surface area contributed by atoms with E-state index in [0.29, 0.717) is 30.2 Å². The van der Waals surface area contributed by atoms with Crippen LogP contribution in [-0.4, -0.2) is 60.5 Å². The molecule has 0 saturated carbocycles. The van der Waals surface area contributed by atoms with Gasteiger partial charge in [0.15, 0.2) is 11.5 Å². The van der Waals surface area contributed by atoms with Crippen molar-refractivity contribution in [3.63, 3.8) is 0 Å². The zero-order valence-corrected chi connectivity index (χ0v) is 21.6. The third-order valence-corrected chi connectivity index (χ3v) is 8.13. The number of thiophene rings is 1. The molecule has 0 unspecified atom stereocenters. The maximum atomic E-state index is 13.9. The molecule has 0 bridgehead atoms.